The summed E-state index contributed by atoms with van der Waals surface area (Å²) >= 11 is 0. The van der Waals surface area contributed by atoms with Gasteiger partial charge in [0.1, 0.15) is 5.82 Å². The van der Waals surface area contributed by atoms with E-state index in [0.29, 0.717) is 17.9 Å². The first-order chi connectivity index (χ1) is 9.99. The number of amides is 2. The Balaban J connectivity index is 1.98. The number of hydrogen-bond donors (Lipinski definition) is 1. The van der Waals surface area contributed by atoms with Gasteiger partial charge in [0.2, 0.25) is 5.91 Å². The molecule has 7 heteroatoms. The zero-order valence-corrected chi connectivity index (χ0v) is 12.5. The van der Waals surface area contributed by atoms with Gasteiger partial charge in [-0.3, -0.25) is 14.5 Å². The molecule has 0 saturated carbocycles. The molecule has 1 aromatic heterocycles. The number of pyridine rings is 1. The van der Waals surface area contributed by atoms with Crippen molar-refractivity contribution in [2.75, 3.05) is 51.7 Å². The Morgan fingerprint density at radius 3 is 2.52 bits per heavy atom. The van der Waals surface area contributed by atoms with Crippen molar-refractivity contribution in [3.63, 3.8) is 0 Å². The maximum Gasteiger partial charge on any atom is 0.252 e. The first-order valence-electron chi connectivity index (χ1n) is 6.91. The summed E-state index contributed by atoms with van der Waals surface area (Å²) in [5.41, 5.74) is 5.82. The molecular weight excluding hydrogens is 270 g/mol. The Hall–Kier alpha value is -2.15. The number of anilines is 1. The van der Waals surface area contributed by atoms with Crippen molar-refractivity contribution in [1.82, 2.24) is 14.8 Å². The second kappa shape index (κ2) is 6.53. The van der Waals surface area contributed by atoms with E-state index in [0.717, 1.165) is 26.2 Å². The second-order valence-corrected chi connectivity index (χ2v) is 5.29. The number of hydrogen-bond acceptors (Lipinski definition) is 5. The van der Waals surface area contributed by atoms with Crippen molar-refractivity contribution in [2.24, 2.45) is 5.73 Å². The lowest BCUT2D eigenvalue weighted by atomic mass is 10.2. The van der Waals surface area contributed by atoms with Crippen molar-refractivity contribution in [3.8, 4) is 0 Å². The zero-order valence-electron chi connectivity index (χ0n) is 12.5. The van der Waals surface area contributed by atoms with Gasteiger partial charge in [0.05, 0.1) is 12.1 Å². The number of nitrogens with two attached hydrogens (primary N) is 1. The van der Waals surface area contributed by atoms with Gasteiger partial charge in [-0.15, -0.1) is 0 Å². The molecule has 7 nitrogen and oxygen atoms in total. The van der Waals surface area contributed by atoms with Crippen molar-refractivity contribution in [3.05, 3.63) is 23.9 Å². The molecule has 1 aliphatic heterocycles. The summed E-state index contributed by atoms with van der Waals surface area (Å²) in [6.45, 7) is 3.38. The predicted molar refractivity (Wildman–Crippen MR) is 80.1 cm³/mol. The van der Waals surface area contributed by atoms with Crippen LogP contribution in [0.1, 0.15) is 10.4 Å². The van der Waals surface area contributed by atoms with Gasteiger partial charge in [-0.1, -0.05) is 0 Å². The van der Waals surface area contributed by atoms with E-state index in [-0.39, 0.29) is 5.91 Å². The molecule has 1 aromatic rings. The number of primary amides is 1. The minimum absolute atomic E-state index is 0.0964. The van der Waals surface area contributed by atoms with E-state index in [9.17, 15) is 9.59 Å². The zero-order chi connectivity index (χ0) is 15.4. The minimum atomic E-state index is -0.469. The van der Waals surface area contributed by atoms with Crippen molar-refractivity contribution < 1.29 is 9.59 Å². The van der Waals surface area contributed by atoms with E-state index in [4.69, 9.17) is 5.73 Å². The molecule has 0 unspecified atom stereocenters. The molecule has 0 radical (unpaired) electrons. The maximum atomic E-state index is 11.7. The lowest BCUT2D eigenvalue weighted by molar-refractivity contribution is -0.129. The molecule has 1 saturated heterocycles. The molecule has 1 fully saturated rings. The summed E-state index contributed by atoms with van der Waals surface area (Å²) < 4.78 is 0. The number of likely N-dealkylation sites (N-methyl/N-ethyl adjacent to an activating group) is 1. The summed E-state index contributed by atoms with van der Waals surface area (Å²) in [7, 11) is 3.51. The summed E-state index contributed by atoms with van der Waals surface area (Å²) in [4.78, 5) is 33.2. The Bertz CT molecular complexity index is 524. The summed E-state index contributed by atoms with van der Waals surface area (Å²) in [5.74, 6) is 0.256. The molecule has 0 atom stereocenters. The summed E-state index contributed by atoms with van der Waals surface area (Å²) in [5, 5.41) is 0. The SMILES string of the molecule is CN(C)C(=O)CN1CCN(c2ncccc2C(N)=O)CC1. The van der Waals surface area contributed by atoms with Crippen LogP contribution in [0.3, 0.4) is 0 Å². The van der Waals surface area contributed by atoms with E-state index >= 15 is 0 Å². The van der Waals surface area contributed by atoms with E-state index in [1.165, 1.54) is 0 Å². The third kappa shape index (κ3) is 3.69. The third-order valence-corrected chi connectivity index (χ3v) is 3.58. The minimum Gasteiger partial charge on any atom is -0.365 e. The van der Waals surface area contributed by atoms with Crippen LogP contribution in [0.4, 0.5) is 5.82 Å². The largest absolute Gasteiger partial charge is 0.365 e. The highest BCUT2D eigenvalue weighted by Crippen LogP contribution is 2.18. The molecule has 114 valence electrons. The van der Waals surface area contributed by atoms with Gasteiger partial charge in [-0.2, -0.15) is 0 Å². The average molecular weight is 291 g/mol. The van der Waals surface area contributed by atoms with Gasteiger partial charge in [-0.05, 0) is 12.1 Å². The summed E-state index contributed by atoms with van der Waals surface area (Å²) in [6.07, 6.45) is 1.66. The van der Waals surface area contributed by atoms with E-state index in [1.807, 2.05) is 4.90 Å². The third-order valence-electron chi connectivity index (χ3n) is 3.58. The Kier molecular flexibility index (Phi) is 4.74. The van der Waals surface area contributed by atoms with Crippen LogP contribution in [0.25, 0.3) is 0 Å². The van der Waals surface area contributed by atoms with Gasteiger partial charge in [0, 0.05) is 46.5 Å². The fourth-order valence-electron chi connectivity index (χ4n) is 2.29. The van der Waals surface area contributed by atoms with Crippen LogP contribution in [0.2, 0.25) is 0 Å². The average Bonchev–Trinajstić information content (AvgIpc) is 2.48. The second-order valence-electron chi connectivity index (χ2n) is 5.29. The van der Waals surface area contributed by atoms with Gasteiger partial charge < -0.3 is 15.5 Å². The number of carbonyl (C=O) groups excluding carboxylic acids is 2. The first kappa shape index (κ1) is 15.2. The van der Waals surface area contributed by atoms with E-state index < -0.39 is 5.91 Å². The van der Waals surface area contributed by atoms with Gasteiger partial charge in [0.15, 0.2) is 0 Å². The molecule has 0 spiro atoms. The van der Waals surface area contributed by atoms with Crippen molar-refractivity contribution in [2.45, 2.75) is 0 Å². The van der Waals surface area contributed by atoms with Gasteiger partial charge in [-0.25, -0.2) is 4.98 Å². The molecule has 2 heterocycles. The van der Waals surface area contributed by atoms with Crippen LogP contribution in [0, 0.1) is 0 Å². The molecule has 0 bridgehead atoms. The van der Waals surface area contributed by atoms with Crippen LogP contribution in [0.5, 0.6) is 0 Å². The molecule has 0 aliphatic carbocycles. The number of piperazine rings is 1. The Labute approximate surface area is 124 Å². The monoisotopic (exact) mass is 291 g/mol. The van der Waals surface area contributed by atoms with E-state index in [1.54, 1.807) is 37.3 Å². The van der Waals surface area contributed by atoms with Crippen LogP contribution >= 0.6 is 0 Å². The number of aromatic nitrogens is 1. The maximum absolute atomic E-state index is 11.7. The first-order valence-corrected chi connectivity index (χ1v) is 6.91. The number of carbonyl (C=O) groups is 2. The molecule has 2 amide bonds. The highest BCUT2D eigenvalue weighted by molar-refractivity contribution is 5.97. The smallest absolute Gasteiger partial charge is 0.252 e. The van der Waals surface area contributed by atoms with Crippen LogP contribution in [0.15, 0.2) is 18.3 Å². The van der Waals surface area contributed by atoms with Gasteiger partial charge in [0.25, 0.3) is 5.91 Å². The van der Waals surface area contributed by atoms with Crippen molar-refractivity contribution >= 4 is 17.6 Å². The van der Waals surface area contributed by atoms with Crippen LogP contribution in [-0.2, 0) is 4.79 Å². The van der Waals surface area contributed by atoms with Gasteiger partial charge >= 0.3 is 0 Å². The molecule has 2 rings (SSSR count). The topological polar surface area (TPSA) is 82.8 Å². The molecule has 1 aliphatic rings. The lowest BCUT2D eigenvalue weighted by Crippen LogP contribution is -2.50. The normalized spacial score (nSPS) is 15.8. The standard InChI is InChI=1S/C14H21N5O2/c1-17(2)12(20)10-18-6-8-19(9-7-18)14-11(13(15)21)4-3-5-16-14/h3-5H,6-10H2,1-2H3,(H2,15,21). The lowest BCUT2D eigenvalue weighted by Gasteiger charge is -2.35. The Morgan fingerprint density at radius 2 is 1.95 bits per heavy atom. The quantitative estimate of drug-likeness (QED) is 0.800. The molecule has 21 heavy (non-hydrogen) atoms. The molecule has 2 N–H and O–H groups in total. The summed E-state index contributed by atoms with van der Waals surface area (Å²) in [6, 6.07) is 3.39. The van der Waals surface area contributed by atoms with Crippen LogP contribution < -0.4 is 10.6 Å². The highest BCUT2D eigenvalue weighted by atomic mass is 16.2. The predicted octanol–water partition coefficient (Wildman–Crippen LogP) is -0.609. The number of rotatable bonds is 4. The Morgan fingerprint density at radius 1 is 1.29 bits per heavy atom. The fraction of sp³-hybridized carbons (Fsp3) is 0.500. The van der Waals surface area contributed by atoms with Crippen molar-refractivity contribution in [1.29, 1.82) is 0 Å². The van der Waals surface area contributed by atoms with Crippen LogP contribution in [-0.4, -0.2) is 73.4 Å². The fourth-order valence-corrected chi connectivity index (χ4v) is 2.29. The van der Waals surface area contributed by atoms with E-state index in [2.05, 4.69) is 9.88 Å². The number of nitrogens with zero attached hydrogens (tertiary/aromatic N) is 4. The highest BCUT2D eigenvalue weighted by Gasteiger charge is 2.23. The molecule has 0 aromatic carbocycles. The molecular formula is C14H21N5O2.